The van der Waals surface area contributed by atoms with Crippen LogP contribution >= 0.6 is 11.3 Å². The predicted molar refractivity (Wildman–Crippen MR) is 93.3 cm³/mol. The van der Waals surface area contributed by atoms with Gasteiger partial charge in [0.1, 0.15) is 17.4 Å². The number of carbonyl (C=O) groups excluding carboxylic acids is 1. The molecule has 0 spiro atoms. The third-order valence-electron chi connectivity index (χ3n) is 3.51. The van der Waals surface area contributed by atoms with Crippen LogP contribution < -0.4 is 19.5 Å². The molecule has 0 bridgehead atoms. The zero-order valence-corrected chi connectivity index (χ0v) is 15.2. The standard InChI is InChI=1S/C16H18N2O5S2/c1-11(19)17-10-13-5-6-15(24-13)25(20,21)18-9-12-3-2-4-14-16(12)23-8-7-22-14/h2-6,18H,7-10H2,1H3,(H,17,19). The van der Waals surface area contributed by atoms with Gasteiger partial charge < -0.3 is 14.8 Å². The summed E-state index contributed by atoms with van der Waals surface area (Å²) >= 11 is 1.12. The molecule has 1 aromatic heterocycles. The van der Waals surface area contributed by atoms with Crippen LogP contribution in [0.3, 0.4) is 0 Å². The molecular formula is C16H18N2O5S2. The van der Waals surface area contributed by atoms with Crippen LogP contribution in [-0.4, -0.2) is 27.5 Å². The predicted octanol–water partition coefficient (Wildman–Crippen LogP) is 1.63. The summed E-state index contributed by atoms with van der Waals surface area (Å²) in [6, 6.07) is 8.61. The summed E-state index contributed by atoms with van der Waals surface area (Å²) in [7, 11) is -3.64. The normalized spacial score (nSPS) is 13.5. The molecule has 0 radical (unpaired) electrons. The quantitative estimate of drug-likeness (QED) is 0.792. The van der Waals surface area contributed by atoms with Crippen molar-refractivity contribution in [3.63, 3.8) is 0 Å². The summed E-state index contributed by atoms with van der Waals surface area (Å²) < 4.78 is 38.8. The lowest BCUT2D eigenvalue weighted by atomic mass is 10.2. The molecule has 0 saturated carbocycles. The maximum absolute atomic E-state index is 12.5. The molecular weight excluding hydrogens is 364 g/mol. The van der Waals surface area contributed by atoms with E-state index in [0.29, 0.717) is 31.3 Å². The Morgan fingerprint density at radius 1 is 1.16 bits per heavy atom. The highest BCUT2D eigenvalue weighted by molar-refractivity contribution is 7.91. The van der Waals surface area contributed by atoms with E-state index < -0.39 is 10.0 Å². The maximum Gasteiger partial charge on any atom is 0.250 e. The van der Waals surface area contributed by atoms with E-state index in [1.54, 1.807) is 24.3 Å². The van der Waals surface area contributed by atoms with Crippen molar-refractivity contribution < 1.29 is 22.7 Å². The molecule has 1 aliphatic heterocycles. The number of thiophene rings is 1. The number of nitrogens with one attached hydrogen (secondary N) is 2. The van der Waals surface area contributed by atoms with E-state index in [9.17, 15) is 13.2 Å². The summed E-state index contributed by atoms with van der Waals surface area (Å²) in [6.07, 6.45) is 0. The van der Waals surface area contributed by atoms with Gasteiger partial charge in [0, 0.05) is 23.9 Å². The van der Waals surface area contributed by atoms with Gasteiger partial charge in [-0.05, 0) is 18.2 Å². The number of ether oxygens (including phenoxy) is 2. The Labute approximate surface area is 150 Å². The van der Waals surface area contributed by atoms with E-state index in [-0.39, 0.29) is 16.7 Å². The van der Waals surface area contributed by atoms with Crippen LogP contribution in [0, 0.1) is 0 Å². The monoisotopic (exact) mass is 382 g/mol. The van der Waals surface area contributed by atoms with Crippen LogP contribution in [0.25, 0.3) is 0 Å². The molecule has 0 fully saturated rings. The molecule has 2 heterocycles. The van der Waals surface area contributed by atoms with Gasteiger partial charge in [-0.1, -0.05) is 12.1 Å². The Kier molecular flexibility index (Phi) is 5.26. The van der Waals surface area contributed by atoms with Gasteiger partial charge in [0.05, 0.1) is 6.54 Å². The minimum absolute atomic E-state index is 0.105. The first kappa shape index (κ1) is 17.7. The molecule has 0 saturated heterocycles. The lowest BCUT2D eigenvalue weighted by Gasteiger charge is -2.21. The summed E-state index contributed by atoms with van der Waals surface area (Å²) in [5.41, 5.74) is 0.718. The van der Waals surface area contributed by atoms with E-state index in [1.807, 2.05) is 0 Å². The number of carbonyl (C=O) groups is 1. The molecule has 0 unspecified atom stereocenters. The minimum Gasteiger partial charge on any atom is -0.486 e. The third kappa shape index (κ3) is 4.30. The van der Waals surface area contributed by atoms with Gasteiger partial charge in [-0.3, -0.25) is 4.79 Å². The lowest BCUT2D eigenvalue weighted by molar-refractivity contribution is -0.119. The van der Waals surface area contributed by atoms with Crippen molar-refractivity contribution in [2.45, 2.75) is 24.2 Å². The highest BCUT2D eigenvalue weighted by Crippen LogP contribution is 2.33. The topological polar surface area (TPSA) is 93.7 Å². The number of fused-ring (bicyclic) bond motifs is 1. The number of rotatable bonds is 6. The van der Waals surface area contributed by atoms with Gasteiger partial charge in [0.2, 0.25) is 15.9 Å². The molecule has 1 aromatic carbocycles. The van der Waals surface area contributed by atoms with Crippen LogP contribution in [-0.2, 0) is 27.9 Å². The number of sulfonamides is 1. The van der Waals surface area contributed by atoms with Crippen LogP contribution in [0.2, 0.25) is 0 Å². The Balaban J connectivity index is 1.69. The third-order valence-corrected chi connectivity index (χ3v) is 6.49. The Bertz CT molecular complexity index is 876. The fourth-order valence-electron chi connectivity index (χ4n) is 2.33. The van der Waals surface area contributed by atoms with Crippen molar-refractivity contribution in [3.05, 3.63) is 40.8 Å². The van der Waals surface area contributed by atoms with Crippen LogP contribution in [0.5, 0.6) is 11.5 Å². The fourth-order valence-corrected chi connectivity index (χ4v) is 4.67. The molecule has 2 N–H and O–H groups in total. The number of benzene rings is 1. The lowest BCUT2D eigenvalue weighted by Crippen LogP contribution is -2.24. The van der Waals surface area contributed by atoms with Gasteiger partial charge in [-0.15, -0.1) is 11.3 Å². The van der Waals surface area contributed by atoms with E-state index in [0.717, 1.165) is 21.8 Å². The largest absolute Gasteiger partial charge is 0.486 e. The first-order chi connectivity index (χ1) is 12.0. The zero-order valence-electron chi connectivity index (χ0n) is 13.6. The van der Waals surface area contributed by atoms with Crippen molar-refractivity contribution in [2.75, 3.05) is 13.2 Å². The van der Waals surface area contributed by atoms with Gasteiger partial charge in [0.15, 0.2) is 11.5 Å². The summed E-state index contributed by atoms with van der Waals surface area (Å²) in [5, 5.41) is 2.64. The van der Waals surface area contributed by atoms with Crippen LogP contribution in [0.4, 0.5) is 0 Å². The molecule has 25 heavy (non-hydrogen) atoms. The van der Waals surface area contributed by atoms with Crippen molar-refractivity contribution in [2.24, 2.45) is 0 Å². The summed E-state index contributed by atoms with van der Waals surface area (Å²) in [6.45, 7) is 2.75. The average Bonchev–Trinajstić information content (AvgIpc) is 3.08. The zero-order chi connectivity index (χ0) is 17.9. The van der Waals surface area contributed by atoms with Gasteiger partial charge >= 0.3 is 0 Å². The van der Waals surface area contributed by atoms with E-state index in [4.69, 9.17) is 9.47 Å². The number of hydrogen-bond donors (Lipinski definition) is 2. The SMILES string of the molecule is CC(=O)NCc1ccc(S(=O)(=O)NCc2cccc3c2OCCO3)s1. The summed E-state index contributed by atoms with van der Waals surface area (Å²) in [4.78, 5) is 11.7. The second-order valence-corrected chi connectivity index (χ2v) is 8.56. The number of amides is 1. The van der Waals surface area contributed by atoms with E-state index >= 15 is 0 Å². The molecule has 1 amide bonds. The van der Waals surface area contributed by atoms with E-state index in [2.05, 4.69) is 10.0 Å². The van der Waals surface area contributed by atoms with Gasteiger partial charge in [-0.25, -0.2) is 13.1 Å². The second-order valence-electron chi connectivity index (χ2n) is 5.40. The summed E-state index contributed by atoms with van der Waals surface area (Å²) in [5.74, 6) is 1.04. The fraction of sp³-hybridized carbons (Fsp3) is 0.312. The first-order valence-electron chi connectivity index (χ1n) is 7.66. The van der Waals surface area contributed by atoms with Crippen molar-refractivity contribution in [3.8, 4) is 11.5 Å². The van der Waals surface area contributed by atoms with Crippen LogP contribution in [0.1, 0.15) is 17.4 Å². The number of hydrogen-bond acceptors (Lipinski definition) is 6. The Hall–Kier alpha value is -2.10. The van der Waals surface area contributed by atoms with Crippen molar-refractivity contribution in [1.29, 1.82) is 0 Å². The second kappa shape index (κ2) is 7.42. The molecule has 1 aliphatic rings. The first-order valence-corrected chi connectivity index (χ1v) is 9.96. The molecule has 3 rings (SSSR count). The molecule has 9 heteroatoms. The molecule has 0 aliphatic carbocycles. The highest BCUT2D eigenvalue weighted by atomic mass is 32.2. The van der Waals surface area contributed by atoms with Crippen LogP contribution in [0.15, 0.2) is 34.5 Å². The number of para-hydroxylation sites is 1. The highest BCUT2D eigenvalue weighted by Gasteiger charge is 2.20. The van der Waals surface area contributed by atoms with Gasteiger partial charge in [-0.2, -0.15) is 0 Å². The minimum atomic E-state index is -3.64. The smallest absolute Gasteiger partial charge is 0.250 e. The average molecular weight is 382 g/mol. The molecule has 134 valence electrons. The van der Waals surface area contributed by atoms with Gasteiger partial charge in [0.25, 0.3) is 0 Å². The van der Waals surface area contributed by atoms with Crippen molar-refractivity contribution in [1.82, 2.24) is 10.0 Å². The molecule has 0 atom stereocenters. The molecule has 7 nitrogen and oxygen atoms in total. The molecule has 2 aromatic rings. The maximum atomic E-state index is 12.5. The van der Waals surface area contributed by atoms with E-state index in [1.165, 1.54) is 13.0 Å². The van der Waals surface area contributed by atoms with Crippen molar-refractivity contribution >= 4 is 27.3 Å². The Morgan fingerprint density at radius 2 is 1.96 bits per heavy atom. The Morgan fingerprint density at radius 3 is 2.76 bits per heavy atom.